The number of sulfonamides is 1. The highest BCUT2D eigenvalue weighted by Gasteiger charge is 2.27. The van der Waals surface area contributed by atoms with Crippen molar-refractivity contribution in [1.82, 2.24) is 9.29 Å². The van der Waals surface area contributed by atoms with E-state index in [1.807, 2.05) is 6.92 Å². The summed E-state index contributed by atoms with van der Waals surface area (Å²) < 4.78 is 33.5. The molecule has 0 spiro atoms. The van der Waals surface area contributed by atoms with Crippen LogP contribution in [-0.4, -0.2) is 43.5 Å². The van der Waals surface area contributed by atoms with Crippen LogP contribution in [0.15, 0.2) is 27.9 Å². The van der Waals surface area contributed by atoms with Crippen LogP contribution in [0, 0.1) is 0 Å². The van der Waals surface area contributed by atoms with Crippen molar-refractivity contribution in [3.05, 3.63) is 27.9 Å². The Morgan fingerprint density at radius 3 is 2.91 bits per heavy atom. The standard InChI is InChI=1S/C15H20N2O4S2/c1-2-17(10-11-5-3-4-8-21-11)23(19,20)12-6-7-13-14(9-12)22-15(18)16-13/h6-7,9,11H,2-5,8,10H2,1H3,(H,16,18). The summed E-state index contributed by atoms with van der Waals surface area (Å²) in [7, 11) is -3.59. The van der Waals surface area contributed by atoms with Gasteiger partial charge in [0.15, 0.2) is 0 Å². The van der Waals surface area contributed by atoms with Gasteiger partial charge < -0.3 is 9.72 Å². The highest BCUT2D eigenvalue weighted by atomic mass is 32.2. The van der Waals surface area contributed by atoms with E-state index < -0.39 is 10.0 Å². The van der Waals surface area contributed by atoms with Crippen molar-refractivity contribution in [2.45, 2.75) is 37.2 Å². The van der Waals surface area contributed by atoms with Crippen molar-refractivity contribution >= 4 is 31.6 Å². The summed E-state index contributed by atoms with van der Waals surface area (Å²) in [4.78, 5) is 14.1. The van der Waals surface area contributed by atoms with Crippen LogP contribution in [0.1, 0.15) is 26.2 Å². The molecule has 1 saturated heterocycles. The highest BCUT2D eigenvalue weighted by Crippen LogP contribution is 2.24. The minimum atomic E-state index is -3.59. The Bertz CT molecular complexity index is 835. The summed E-state index contributed by atoms with van der Waals surface area (Å²) in [6.45, 7) is 3.29. The number of fused-ring (bicyclic) bond motifs is 1. The first-order valence-corrected chi connectivity index (χ1v) is 10.0. The van der Waals surface area contributed by atoms with E-state index in [-0.39, 0.29) is 15.9 Å². The maximum Gasteiger partial charge on any atom is 0.305 e. The van der Waals surface area contributed by atoms with Gasteiger partial charge in [0.1, 0.15) is 0 Å². The van der Waals surface area contributed by atoms with Gasteiger partial charge in [-0.25, -0.2) is 8.42 Å². The normalized spacial score (nSPS) is 19.5. The third kappa shape index (κ3) is 3.50. The van der Waals surface area contributed by atoms with Crippen LogP contribution in [0.2, 0.25) is 0 Å². The van der Waals surface area contributed by atoms with E-state index in [1.165, 1.54) is 4.31 Å². The van der Waals surface area contributed by atoms with Crippen LogP contribution in [0.3, 0.4) is 0 Å². The van der Waals surface area contributed by atoms with Crippen LogP contribution in [0.4, 0.5) is 0 Å². The van der Waals surface area contributed by atoms with Crippen molar-refractivity contribution in [2.75, 3.05) is 19.7 Å². The van der Waals surface area contributed by atoms with Gasteiger partial charge >= 0.3 is 4.87 Å². The maximum atomic E-state index is 12.9. The number of ether oxygens (including phenoxy) is 1. The van der Waals surface area contributed by atoms with E-state index in [0.717, 1.165) is 30.6 Å². The molecule has 1 aliphatic rings. The molecular weight excluding hydrogens is 336 g/mol. The number of hydrogen-bond donors (Lipinski definition) is 1. The van der Waals surface area contributed by atoms with Crippen LogP contribution >= 0.6 is 11.3 Å². The van der Waals surface area contributed by atoms with Gasteiger partial charge in [-0.1, -0.05) is 18.3 Å². The van der Waals surface area contributed by atoms with Gasteiger partial charge in [0, 0.05) is 19.7 Å². The fourth-order valence-electron chi connectivity index (χ4n) is 2.81. The summed E-state index contributed by atoms with van der Waals surface area (Å²) in [5, 5.41) is 0. The second kappa shape index (κ2) is 6.72. The number of nitrogens with zero attached hydrogens (tertiary/aromatic N) is 1. The lowest BCUT2D eigenvalue weighted by Gasteiger charge is -2.28. The zero-order chi connectivity index (χ0) is 16.4. The molecule has 6 nitrogen and oxygen atoms in total. The summed E-state index contributed by atoms with van der Waals surface area (Å²) in [6, 6.07) is 4.76. The Morgan fingerprint density at radius 2 is 2.22 bits per heavy atom. The molecule has 2 heterocycles. The molecule has 1 aromatic heterocycles. The van der Waals surface area contributed by atoms with E-state index in [9.17, 15) is 13.2 Å². The van der Waals surface area contributed by atoms with Gasteiger partial charge in [-0.2, -0.15) is 4.31 Å². The summed E-state index contributed by atoms with van der Waals surface area (Å²) >= 11 is 1.02. The van der Waals surface area contributed by atoms with Crippen molar-refractivity contribution in [3.8, 4) is 0 Å². The van der Waals surface area contributed by atoms with E-state index in [0.29, 0.717) is 29.9 Å². The number of hydrogen-bond acceptors (Lipinski definition) is 5. The summed E-state index contributed by atoms with van der Waals surface area (Å²) in [5.41, 5.74) is 0.664. The molecule has 1 unspecified atom stereocenters. The smallest absolute Gasteiger partial charge is 0.305 e. The first kappa shape index (κ1) is 16.6. The van der Waals surface area contributed by atoms with E-state index in [2.05, 4.69) is 4.98 Å². The fraction of sp³-hybridized carbons (Fsp3) is 0.533. The Hall–Kier alpha value is -1.22. The lowest BCUT2D eigenvalue weighted by Crippen LogP contribution is -2.39. The number of benzene rings is 1. The quantitative estimate of drug-likeness (QED) is 0.890. The molecule has 0 saturated carbocycles. The molecule has 0 amide bonds. The Kier molecular flexibility index (Phi) is 4.86. The zero-order valence-electron chi connectivity index (χ0n) is 12.9. The fourth-order valence-corrected chi connectivity index (χ4v) is 5.17. The van der Waals surface area contributed by atoms with Crippen molar-refractivity contribution in [2.24, 2.45) is 0 Å². The Morgan fingerprint density at radius 1 is 1.39 bits per heavy atom. The monoisotopic (exact) mass is 356 g/mol. The van der Waals surface area contributed by atoms with Gasteiger partial charge in [0.05, 0.1) is 21.2 Å². The van der Waals surface area contributed by atoms with Crippen molar-refractivity contribution in [1.29, 1.82) is 0 Å². The van der Waals surface area contributed by atoms with Gasteiger partial charge in [-0.3, -0.25) is 4.79 Å². The van der Waals surface area contributed by atoms with E-state index in [4.69, 9.17) is 4.74 Å². The van der Waals surface area contributed by atoms with E-state index >= 15 is 0 Å². The lowest BCUT2D eigenvalue weighted by atomic mass is 10.1. The minimum Gasteiger partial charge on any atom is -0.377 e. The topological polar surface area (TPSA) is 79.5 Å². The molecule has 23 heavy (non-hydrogen) atoms. The van der Waals surface area contributed by atoms with Crippen LogP contribution in [0.25, 0.3) is 10.2 Å². The number of aromatic amines is 1. The molecule has 1 fully saturated rings. The van der Waals surface area contributed by atoms with Gasteiger partial charge in [-0.15, -0.1) is 0 Å². The number of rotatable bonds is 5. The summed E-state index contributed by atoms with van der Waals surface area (Å²) in [5.74, 6) is 0. The minimum absolute atomic E-state index is 0.0366. The second-order valence-corrected chi connectivity index (χ2v) is 8.57. The zero-order valence-corrected chi connectivity index (χ0v) is 14.6. The van der Waals surface area contributed by atoms with Gasteiger partial charge in [0.25, 0.3) is 0 Å². The third-order valence-corrected chi connectivity index (χ3v) is 6.85. The SMILES string of the molecule is CCN(CC1CCCCO1)S(=O)(=O)c1ccc2[nH]c(=O)sc2c1. The molecule has 0 radical (unpaired) electrons. The molecule has 1 aliphatic heterocycles. The van der Waals surface area contributed by atoms with Crippen LogP contribution < -0.4 is 4.87 Å². The number of H-pyrrole nitrogens is 1. The Balaban J connectivity index is 1.88. The number of aromatic nitrogens is 1. The molecule has 3 rings (SSSR count). The van der Waals surface area contributed by atoms with Gasteiger partial charge in [-0.05, 0) is 37.5 Å². The van der Waals surface area contributed by atoms with E-state index in [1.54, 1.807) is 18.2 Å². The first-order chi connectivity index (χ1) is 11.0. The molecule has 0 aliphatic carbocycles. The average molecular weight is 356 g/mol. The number of nitrogens with one attached hydrogen (secondary N) is 1. The van der Waals surface area contributed by atoms with Crippen molar-refractivity contribution < 1.29 is 13.2 Å². The lowest BCUT2D eigenvalue weighted by molar-refractivity contribution is 0.00670. The second-order valence-electron chi connectivity index (χ2n) is 5.62. The predicted octanol–water partition coefficient (Wildman–Crippen LogP) is 2.17. The average Bonchev–Trinajstić information content (AvgIpc) is 2.92. The van der Waals surface area contributed by atoms with Crippen LogP contribution in [-0.2, 0) is 14.8 Å². The number of thiazole rings is 1. The molecule has 126 valence electrons. The highest BCUT2D eigenvalue weighted by molar-refractivity contribution is 7.89. The van der Waals surface area contributed by atoms with Crippen LogP contribution in [0.5, 0.6) is 0 Å². The molecule has 1 aromatic carbocycles. The molecule has 1 atom stereocenters. The maximum absolute atomic E-state index is 12.9. The predicted molar refractivity (Wildman–Crippen MR) is 90.5 cm³/mol. The molecule has 8 heteroatoms. The molecule has 1 N–H and O–H groups in total. The molecule has 0 bridgehead atoms. The third-order valence-electron chi connectivity index (χ3n) is 4.06. The van der Waals surface area contributed by atoms with Gasteiger partial charge in [0.2, 0.25) is 10.0 Å². The summed E-state index contributed by atoms with van der Waals surface area (Å²) in [6.07, 6.45) is 2.97. The molecular formula is C15H20N2O4S2. The number of likely N-dealkylation sites (N-methyl/N-ethyl adjacent to an activating group) is 1. The Labute approximate surface area is 139 Å². The molecule has 2 aromatic rings. The first-order valence-electron chi connectivity index (χ1n) is 7.75. The largest absolute Gasteiger partial charge is 0.377 e. The van der Waals surface area contributed by atoms with Crippen molar-refractivity contribution in [3.63, 3.8) is 0 Å².